The van der Waals surface area contributed by atoms with E-state index in [0.717, 1.165) is 18.4 Å². The zero-order chi connectivity index (χ0) is 19.4. The molecule has 2 aromatic carbocycles. The molecule has 142 valence electrons. The van der Waals surface area contributed by atoms with Crippen LogP contribution in [-0.4, -0.2) is 18.4 Å². The number of nitrogens with two attached hydrogens (primary N) is 1. The molecule has 0 radical (unpaired) electrons. The van der Waals surface area contributed by atoms with Crippen molar-refractivity contribution in [1.29, 1.82) is 0 Å². The number of carbonyl (C=O) groups is 2. The SMILES string of the molecule is CC(NC(=O)COc1ccc(Cl)cc1C(N)=O)c1ccc2c(c1)CCCC2. The van der Waals surface area contributed by atoms with E-state index in [1.54, 1.807) is 6.07 Å². The van der Waals surface area contributed by atoms with Gasteiger partial charge in [-0.2, -0.15) is 0 Å². The van der Waals surface area contributed by atoms with Gasteiger partial charge < -0.3 is 15.8 Å². The highest BCUT2D eigenvalue weighted by atomic mass is 35.5. The molecule has 0 bridgehead atoms. The monoisotopic (exact) mass is 386 g/mol. The molecule has 2 aromatic rings. The maximum atomic E-state index is 12.3. The van der Waals surface area contributed by atoms with Crippen LogP contribution in [0.2, 0.25) is 5.02 Å². The van der Waals surface area contributed by atoms with Crippen LogP contribution in [-0.2, 0) is 17.6 Å². The number of amides is 2. The Balaban J connectivity index is 1.60. The summed E-state index contributed by atoms with van der Waals surface area (Å²) in [6.45, 7) is 1.73. The quantitative estimate of drug-likeness (QED) is 0.796. The third-order valence-electron chi connectivity index (χ3n) is 4.82. The van der Waals surface area contributed by atoms with Crippen molar-refractivity contribution < 1.29 is 14.3 Å². The van der Waals surface area contributed by atoms with E-state index in [4.69, 9.17) is 22.1 Å². The topological polar surface area (TPSA) is 81.4 Å². The molecule has 3 rings (SSSR count). The number of carbonyl (C=O) groups excluding carboxylic acids is 2. The first-order chi connectivity index (χ1) is 12.9. The molecule has 0 heterocycles. The van der Waals surface area contributed by atoms with Crippen LogP contribution in [0.1, 0.15) is 52.9 Å². The smallest absolute Gasteiger partial charge is 0.258 e. The van der Waals surface area contributed by atoms with Gasteiger partial charge >= 0.3 is 0 Å². The van der Waals surface area contributed by atoms with Crippen LogP contribution in [0.5, 0.6) is 5.75 Å². The molecule has 6 heteroatoms. The number of hydrogen-bond donors (Lipinski definition) is 2. The molecule has 5 nitrogen and oxygen atoms in total. The van der Waals surface area contributed by atoms with Gasteiger partial charge in [-0.3, -0.25) is 9.59 Å². The minimum atomic E-state index is -0.657. The van der Waals surface area contributed by atoms with E-state index >= 15 is 0 Å². The fraction of sp³-hybridized carbons (Fsp3) is 0.333. The highest BCUT2D eigenvalue weighted by Gasteiger charge is 2.16. The van der Waals surface area contributed by atoms with Crippen molar-refractivity contribution >= 4 is 23.4 Å². The molecule has 0 spiro atoms. The Hall–Kier alpha value is -2.53. The normalized spacial score (nSPS) is 14.1. The first kappa shape index (κ1) is 19.2. The summed E-state index contributed by atoms with van der Waals surface area (Å²) in [7, 11) is 0. The molecule has 27 heavy (non-hydrogen) atoms. The predicted molar refractivity (Wildman–Crippen MR) is 105 cm³/mol. The first-order valence-corrected chi connectivity index (χ1v) is 9.45. The zero-order valence-electron chi connectivity index (χ0n) is 15.3. The van der Waals surface area contributed by atoms with Gasteiger partial charge in [-0.05, 0) is 67.5 Å². The molecule has 0 saturated carbocycles. The minimum absolute atomic E-state index is 0.130. The number of fused-ring (bicyclic) bond motifs is 1. The van der Waals surface area contributed by atoms with Crippen LogP contribution in [0.25, 0.3) is 0 Å². The molecular formula is C21H23ClN2O3. The molecule has 0 aromatic heterocycles. The lowest BCUT2D eigenvalue weighted by atomic mass is 9.89. The molecule has 3 N–H and O–H groups in total. The number of primary amides is 1. The van der Waals surface area contributed by atoms with Gasteiger partial charge in [0.25, 0.3) is 11.8 Å². The number of halogens is 1. The summed E-state index contributed by atoms with van der Waals surface area (Å²) in [5, 5.41) is 3.30. The van der Waals surface area contributed by atoms with Crippen LogP contribution in [0.4, 0.5) is 0 Å². The van der Waals surface area contributed by atoms with Crippen molar-refractivity contribution in [2.24, 2.45) is 5.73 Å². The maximum absolute atomic E-state index is 12.3. The van der Waals surface area contributed by atoms with Crippen molar-refractivity contribution in [2.45, 2.75) is 38.6 Å². The molecule has 0 saturated heterocycles. The first-order valence-electron chi connectivity index (χ1n) is 9.07. The summed E-state index contributed by atoms with van der Waals surface area (Å²) in [6, 6.07) is 10.8. The van der Waals surface area contributed by atoms with E-state index in [-0.39, 0.29) is 29.9 Å². The largest absolute Gasteiger partial charge is 0.483 e. The molecule has 1 atom stereocenters. The Morgan fingerprint density at radius 1 is 1.15 bits per heavy atom. The van der Waals surface area contributed by atoms with Crippen LogP contribution < -0.4 is 15.8 Å². The molecule has 2 amide bonds. The van der Waals surface area contributed by atoms with Crippen LogP contribution in [0, 0.1) is 0 Å². The zero-order valence-corrected chi connectivity index (χ0v) is 16.0. The Bertz CT molecular complexity index is 867. The molecule has 0 aliphatic heterocycles. The average Bonchev–Trinajstić information content (AvgIpc) is 2.66. The van der Waals surface area contributed by atoms with Crippen molar-refractivity contribution in [3.63, 3.8) is 0 Å². The van der Waals surface area contributed by atoms with E-state index in [0.29, 0.717) is 5.02 Å². The lowest BCUT2D eigenvalue weighted by Gasteiger charge is -2.20. The fourth-order valence-electron chi connectivity index (χ4n) is 3.35. The van der Waals surface area contributed by atoms with Gasteiger partial charge in [-0.25, -0.2) is 0 Å². The summed E-state index contributed by atoms with van der Waals surface area (Å²) in [5.41, 5.74) is 9.34. The van der Waals surface area contributed by atoms with Crippen LogP contribution in [0.3, 0.4) is 0 Å². The van der Waals surface area contributed by atoms with Gasteiger partial charge in [0.1, 0.15) is 5.75 Å². The number of benzene rings is 2. The van der Waals surface area contributed by atoms with Crippen molar-refractivity contribution in [1.82, 2.24) is 5.32 Å². The summed E-state index contributed by atoms with van der Waals surface area (Å²) >= 11 is 5.87. The Morgan fingerprint density at radius 3 is 2.63 bits per heavy atom. The van der Waals surface area contributed by atoms with Crippen LogP contribution in [0.15, 0.2) is 36.4 Å². The highest BCUT2D eigenvalue weighted by Crippen LogP contribution is 2.25. The summed E-state index contributed by atoms with van der Waals surface area (Å²) in [5.74, 6) is -0.690. The predicted octanol–water partition coefficient (Wildman–Crippen LogP) is 3.57. The Morgan fingerprint density at radius 2 is 1.89 bits per heavy atom. The second-order valence-corrected chi connectivity index (χ2v) is 7.25. The third-order valence-corrected chi connectivity index (χ3v) is 5.05. The number of hydrogen-bond acceptors (Lipinski definition) is 3. The number of nitrogens with one attached hydrogen (secondary N) is 1. The highest BCUT2D eigenvalue weighted by molar-refractivity contribution is 6.31. The molecule has 1 aliphatic rings. The summed E-state index contributed by atoms with van der Waals surface area (Å²) in [6.07, 6.45) is 4.69. The minimum Gasteiger partial charge on any atom is -0.483 e. The van der Waals surface area contributed by atoms with Gasteiger partial charge in [-0.15, -0.1) is 0 Å². The van der Waals surface area contributed by atoms with Gasteiger partial charge in [0.05, 0.1) is 11.6 Å². The maximum Gasteiger partial charge on any atom is 0.258 e. The lowest BCUT2D eigenvalue weighted by Crippen LogP contribution is -2.31. The molecule has 0 fully saturated rings. The van der Waals surface area contributed by atoms with Gasteiger partial charge in [0.15, 0.2) is 6.61 Å². The number of aryl methyl sites for hydroxylation is 2. The van der Waals surface area contributed by atoms with Crippen molar-refractivity contribution in [2.75, 3.05) is 6.61 Å². The summed E-state index contributed by atoms with van der Waals surface area (Å²) in [4.78, 5) is 23.7. The van der Waals surface area contributed by atoms with Gasteiger partial charge in [0, 0.05) is 5.02 Å². The van der Waals surface area contributed by atoms with Crippen molar-refractivity contribution in [3.05, 3.63) is 63.7 Å². The molecule has 1 aliphatic carbocycles. The number of ether oxygens (including phenoxy) is 1. The van der Waals surface area contributed by atoms with E-state index in [1.807, 2.05) is 6.92 Å². The van der Waals surface area contributed by atoms with Crippen molar-refractivity contribution in [3.8, 4) is 5.75 Å². The molecule has 1 unspecified atom stereocenters. The fourth-order valence-corrected chi connectivity index (χ4v) is 3.53. The van der Waals surface area contributed by atoms with Gasteiger partial charge in [-0.1, -0.05) is 29.8 Å². The Labute approximate surface area is 163 Å². The second kappa shape index (κ2) is 8.44. The standard InChI is InChI=1S/C21H23ClN2O3/c1-13(15-7-6-14-4-2-3-5-16(14)10-15)24-20(25)12-27-19-9-8-17(22)11-18(19)21(23)26/h6-11,13H,2-5,12H2,1H3,(H2,23,26)(H,24,25). The van der Waals surface area contributed by atoms with E-state index in [1.165, 1.54) is 36.1 Å². The van der Waals surface area contributed by atoms with Gasteiger partial charge in [0.2, 0.25) is 0 Å². The molecular weight excluding hydrogens is 364 g/mol. The Kier molecular flexibility index (Phi) is 6.01. The van der Waals surface area contributed by atoms with Crippen LogP contribution >= 0.6 is 11.6 Å². The second-order valence-electron chi connectivity index (χ2n) is 6.82. The summed E-state index contributed by atoms with van der Waals surface area (Å²) < 4.78 is 5.47. The third kappa shape index (κ3) is 4.80. The van der Waals surface area contributed by atoms with E-state index in [9.17, 15) is 9.59 Å². The number of rotatable bonds is 6. The lowest BCUT2D eigenvalue weighted by molar-refractivity contribution is -0.123. The average molecular weight is 387 g/mol. The van der Waals surface area contributed by atoms with E-state index < -0.39 is 5.91 Å². The van der Waals surface area contributed by atoms with E-state index in [2.05, 4.69) is 23.5 Å².